The largest absolute Gasteiger partial charge is 0.373 e. The molecule has 90 valence electrons. The van der Waals surface area contributed by atoms with E-state index < -0.39 is 0 Å². The van der Waals surface area contributed by atoms with E-state index in [-0.39, 0.29) is 0 Å². The molecule has 0 aromatic carbocycles. The Morgan fingerprint density at radius 3 is 2.31 bits per heavy atom. The van der Waals surface area contributed by atoms with Gasteiger partial charge in [0.05, 0.1) is 0 Å². The Morgan fingerprint density at radius 1 is 1.19 bits per heavy atom. The maximum absolute atomic E-state index is 4.51. The van der Waals surface area contributed by atoms with Crippen LogP contribution in [0.25, 0.3) is 0 Å². The summed E-state index contributed by atoms with van der Waals surface area (Å²) in [5.74, 6) is 2.64. The topological polar surface area (TPSA) is 53.1 Å². The smallest absolute Gasteiger partial charge is 0.149 e. The van der Waals surface area contributed by atoms with E-state index in [1.807, 2.05) is 33.1 Å². The number of nitrogens with one attached hydrogen (secondary N) is 2. The number of nitrogens with zero attached hydrogens (tertiary/aromatic N) is 3. The van der Waals surface area contributed by atoms with Crippen LogP contribution in [0.3, 0.4) is 0 Å². The second-order valence-electron chi connectivity index (χ2n) is 3.97. The molecule has 1 rings (SSSR count). The van der Waals surface area contributed by atoms with Crippen molar-refractivity contribution in [2.75, 3.05) is 31.9 Å². The molecule has 1 heterocycles. The fourth-order valence-electron chi connectivity index (χ4n) is 1.46. The van der Waals surface area contributed by atoms with E-state index in [2.05, 4.69) is 27.6 Å². The first kappa shape index (κ1) is 12.7. The first-order valence-corrected chi connectivity index (χ1v) is 5.57. The first-order valence-electron chi connectivity index (χ1n) is 5.57. The summed E-state index contributed by atoms with van der Waals surface area (Å²) in [5.41, 5.74) is 4.23. The minimum absolute atomic E-state index is 0.868. The Balaban J connectivity index is 3.08. The lowest BCUT2D eigenvalue weighted by molar-refractivity contribution is 0.491. The van der Waals surface area contributed by atoms with Crippen LogP contribution in [-0.4, -0.2) is 36.1 Å². The minimum Gasteiger partial charge on any atom is -0.373 e. The SMILES string of the molecule is CCCc1nc(NC)c(C)c(NN(C)C)n1. The Kier molecular flexibility index (Phi) is 4.49. The molecular formula is C11H21N5. The van der Waals surface area contributed by atoms with Gasteiger partial charge in [-0.1, -0.05) is 6.92 Å². The predicted octanol–water partition coefficient (Wildman–Crippen LogP) is 1.67. The number of hydrazine groups is 1. The lowest BCUT2D eigenvalue weighted by atomic mass is 10.2. The van der Waals surface area contributed by atoms with Gasteiger partial charge in [-0.3, -0.25) is 0 Å². The van der Waals surface area contributed by atoms with E-state index >= 15 is 0 Å². The van der Waals surface area contributed by atoms with E-state index in [1.165, 1.54) is 0 Å². The van der Waals surface area contributed by atoms with Crippen LogP contribution in [0.4, 0.5) is 11.6 Å². The third-order valence-corrected chi connectivity index (χ3v) is 2.23. The Bertz CT molecular complexity index is 348. The zero-order valence-electron chi connectivity index (χ0n) is 10.8. The molecular weight excluding hydrogens is 202 g/mol. The van der Waals surface area contributed by atoms with Gasteiger partial charge in [0.25, 0.3) is 0 Å². The molecule has 0 aliphatic rings. The van der Waals surface area contributed by atoms with Gasteiger partial charge in [0.1, 0.15) is 17.5 Å². The first-order chi connectivity index (χ1) is 7.58. The van der Waals surface area contributed by atoms with Crippen molar-refractivity contribution in [2.45, 2.75) is 26.7 Å². The van der Waals surface area contributed by atoms with Crippen LogP contribution in [0.1, 0.15) is 24.7 Å². The third kappa shape index (κ3) is 3.06. The number of hydrogen-bond donors (Lipinski definition) is 2. The van der Waals surface area contributed by atoms with Crippen LogP contribution in [0, 0.1) is 6.92 Å². The number of hydrogen-bond acceptors (Lipinski definition) is 5. The summed E-state index contributed by atoms with van der Waals surface area (Å²) in [6, 6.07) is 0. The number of aryl methyl sites for hydroxylation is 1. The van der Waals surface area contributed by atoms with Crippen LogP contribution in [0.15, 0.2) is 0 Å². The highest BCUT2D eigenvalue weighted by molar-refractivity contribution is 5.56. The molecule has 0 unspecified atom stereocenters. The Morgan fingerprint density at radius 2 is 1.81 bits per heavy atom. The van der Waals surface area contributed by atoms with Crippen molar-refractivity contribution >= 4 is 11.6 Å². The number of anilines is 2. The third-order valence-electron chi connectivity index (χ3n) is 2.23. The van der Waals surface area contributed by atoms with Crippen LogP contribution in [0.5, 0.6) is 0 Å². The zero-order chi connectivity index (χ0) is 12.1. The van der Waals surface area contributed by atoms with Crippen LogP contribution in [0.2, 0.25) is 0 Å². The fraction of sp³-hybridized carbons (Fsp3) is 0.636. The highest BCUT2D eigenvalue weighted by Gasteiger charge is 2.09. The normalized spacial score (nSPS) is 10.6. The van der Waals surface area contributed by atoms with Crippen molar-refractivity contribution in [2.24, 2.45) is 0 Å². The molecule has 0 atom stereocenters. The fourth-order valence-corrected chi connectivity index (χ4v) is 1.46. The van der Waals surface area contributed by atoms with Gasteiger partial charge in [-0.05, 0) is 13.3 Å². The second kappa shape index (κ2) is 5.65. The summed E-state index contributed by atoms with van der Waals surface area (Å²) in [4.78, 5) is 8.97. The Labute approximate surface area is 97.3 Å². The molecule has 1 aromatic heterocycles. The van der Waals surface area contributed by atoms with Gasteiger partial charge in [0, 0.05) is 33.1 Å². The maximum atomic E-state index is 4.51. The average Bonchev–Trinajstić information content (AvgIpc) is 2.22. The monoisotopic (exact) mass is 223 g/mol. The molecule has 5 heteroatoms. The van der Waals surface area contributed by atoms with Gasteiger partial charge in [-0.25, -0.2) is 15.0 Å². The average molecular weight is 223 g/mol. The van der Waals surface area contributed by atoms with Crippen molar-refractivity contribution in [1.82, 2.24) is 15.0 Å². The molecule has 0 aliphatic heterocycles. The summed E-state index contributed by atoms with van der Waals surface area (Å²) in [6.45, 7) is 4.13. The van der Waals surface area contributed by atoms with Crippen LogP contribution < -0.4 is 10.7 Å². The molecule has 1 aromatic rings. The van der Waals surface area contributed by atoms with Gasteiger partial charge in [-0.15, -0.1) is 0 Å². The summed E-state index contributed by atoms with van der Waals surface area (Å²) in [5, 5.41) is 4.98. The maximum Gasteiger partial charge on any atom is 0.149 e. The second-order valence-corrected chi connectivity index (χ2v) is 3.97. The minimum atomic E-state index is 0.868. The lowest BCUT2D eigenvalue weighted by Gasteiger charge is -2.17. The van der Waals surface area contributed by atoms with E-state index in [1.54, 1.807) is 0 Å². The molecule has 0 saturated carbocycles. The van der Waals surface area contributed by atoms with E-state index in [4.69, 9.17) is 0 Å². The number of aromatic nitrogens is 2. The molecule has 0 bridgehead atoms. The van der Waals surface area contributed by atoms with Gasteiger partial charge in [-0.2, -0.15) is 0 Å². The highest BCUT2D eigenvalue weighted by atomic mass is 15.5. The quantitative estimate of drug-likeness (QED) is 0.744. The molecule has 0 fully saturated rings. The van der Waals surface area contributed by atoms with E-state index in [9.17, 15) is 0 Å². The lowest BCUT2D eigenvalue weighted by Crippen LogP contribution is -2.22. The van der Waals surface area contributed by atoms with Gasteiger partial charge in [0.15, 0.2) is 0 Å². The summed E-state index contributed by atoms with van der Waals surface area (Å²) in [7, 11) is 5.77. The highest BCUT2D eigenvalue weighted by Crippen LogP contribution is 2.20. The molecule has 5 nitrogen and oxygen atoms in total. The molecule has 0 spiro atoms. The molecule has 0 aliphatic carbocycles. The predicted molar refractivity (Wildman–Crippen MR) is 67.6 cm³/mol. The molecule has 0 amide bonds. The van der Waals surface area contributed by atoms with Crippen LogP contribution >= 0.6 is 0 Å². The van der Waals surface area contributed by atoms with Gasteiger partial charge < -0.3 is 10.7 Å². The zero-order valence-corrected chi connectivity index (χ0v) is 10.8. The van der Waals surface area contributed by atoms with Crippen molar-refractivity contribution in [1.29, 1.82) is 0 Å². The standard InChI is InChI=1S/C11H21N5/c1-6-7-9-13-10(12-3)8(2)11(14-9)15-16(4)5/h6-7H2,1-5H3,(H2,12,13,14,15). The van der Waals surface area contributed by atoms with E-state index in [0.717, 1.165) is 35.9 Å². The van der Waals surface area contributed by atoms with Crippen molar-refractivity contribution in [3.05, 3.63) is 11.4 Å². The molecule has 2 N–H and O–H groups in total. The molecule has 16 heavy (non-hydrogen) atoms. The summed E-state index contributed by atoms with van der Waals surface area (Å²) < 4.78 is 0. The molecule has 0 radical (unpaired) electrons. The van der Waals surface area contributed by atoms with Gasteiger partial charge >= 0.3 is 0 Å². The number of rotatable bonds is 5. The van der Waals surface area contributed by atoms with Crippen molar-refractivity contribution in [3.63, 3.8) is 0 Å². The van der Waals surface area contributed by atoms with Crippen molar-refractivity contribution < 1.29 is 0 Å². The summed E-state index contributed by atoms with van der Waals surface area (Å²) in [6.07, 6.45) is 1.95. The Hall–Kier alpha value is -1.36. The molecule has 0 saturated heterocycles. The van der Waals surface area contributed by atoms with Crippen LogP contribution in [-0.2, 0) is 6.42 Å². The van der Waals surface area contributed by atoms with Gasteiger partial charge in [0.2, 0.25) is 0 Å². The van der Waals surface area contributed by atoms with E-state index in [0.29, 0.717) is 0 Å². The summed E-state index contributed by atoms with van der Waals surface area (Å²) >= 11 is 0. The van der Waals surface area contributed by atoms with Crippen molar-refractivity contribution in [3.8, 4) is 0 Å².